The van der Waals surface area contributed by atoms with E-state index in [0.29, 0.717) is 6.54 Å². The van der Waals surface area contributed by atoms with Crippen LogP contribution < -0.4 is 4.90 Å². The molecule has 3 aromatic rings. The summed E-state index contributed by atoms with van der Waals surface area (Å²) in [5.74, 6) is 2.11. The van der Waals surface area contributed by atoms with E-state index in [1.54, 1.807) is 16.2 Å². The molecule has 0 unspecified atom stereocenters. The second-order valence-corrected chi connectivity index (χ2v) is 10.3. The summed E-state index contributed by atoms with van der Waals surface area (Å²) in [7, 11) is 3.64. The number of hydrogen-bond donors (Lipinski definition) is 0. The summed E-state index contributed by atoms with van der Waals surface area (Å²) in [5, 5.41) is 3.37. The van der Waals surface area contributed by atoms with Crippen molar-refractivity contribution in [3.63, 3.8) is 0 Å². The molecule has 8 heteroatoms. The number of thiophene rings is 2. The molecule has 1 aliphatic heterocycles. The van der Waals surface area contributed by atoms with E-state index in [1.165, 1.54) is 35.1 Å². The van der Waals surface area contributed by atoms with Crippen LogP contribution in [0.5, 0.6) is 0 Å². The largest absolute Gasteiger partial charge is 0.353 e. The van der Waals surface area contributed by atoms with Crippen molar-refractivity contribution in [3.05, 3.63) is 28.0 Å². The SMILES string of the molecule is CN(C)C(=O)CN1CCN(c2nc(-c3cccs3)nc3sc4c(c23)CCCC4)CC1. The van der Waals surface area contributed by atoms with Crippen molar-refractivity contribution in [1.82, 2.24) is 19.8 Å². The third-order valence-corrected chi connectivity index (χ3v) is 8.12. The van der Waals surface area contributed by atoms with E-state index in [4.69, 9.17) is 9.97 Å². The van der Waals surface area contributed by atoms with Gasteiger partial charge in [0.1, 0.15) is 10.6 Å². The predicted octanol–water partition coefficient (Wildman–Crippen LogP) is 3.51. The number of carbonyl (C=O) groups is 1. The van der Waals surface area contributed by atoms with E-state index in [0.717, 1.165) is 53.9 Å². The maximum Gasteiger partial charge on any atom is 0.236 e. The molecule has 3 aromatic heterocycles. The van der Waals surface area contributed by atoms with E-state index in [2.05, 4.69) is 27.3 Å². The molecular weight excluding hydrogens is 414 g/mol. The van der Waals surface area contributed by atoms with Gasteiger partial charge >= 0.3 is 0 Å². The average Bonchev–Trinajstić information content (AvgIpc) is 3.41. The first kappa shape index (κ1) is 19.9. The minimum atomic E-state index is 0.166. The van der Waals surface area contributed by atoms with Crippen molar-refractivity contribution in [2.75, 3.05) is 51.7 Å². The molecule has 4 heterocycles. The molecule has 158 valence electrons. The molecule has 1 aliphatic carbocycles. The van der Waals surface area contributed by atoms with Gasteiger partial charge in [-0.15, -0.1) is 22.7 Å². The molecule has 30 heavy (non-hydrogen) atoms. The smallest absolute Gasteiger partial charge is 0.236 e. The fourth-order valence-electron chi connectivity index (χ4n) is 4.33. The average molecular weight is 442 g/mol. The van der Waals surface area contributed by atoms with Crippen LogP contribution in [0.15, 0.2) is 17.5 Å². The van der Waals surface area contributed by atoms with Crippen LogP contribution in [0.2, 0.25) is 0 Å². The van der Waals surface area contributed by atoms with Gasteiger partial charge in [0, 0.05) is 45.2 Å². The molecule has 0 atom stereocenters. The summed E-state index contributed by atoms with van der Waals surface area (Å²) < 4.78 is 0. The quantitative estimate of drug-likeness (QED) is 0.620. The number of aromatic nitrogens is 2. The number of likely N-dealkylation sites (N-methyl/N-ethyl adjacent to an activating group) is 1. The fourth-order valence-corrected chi connectivity index (χ4v) is 6.25. The summed E-state index contributed by atoms with van der Waals surface area (Å²) in [6.45, 7) is 4.04. The van der Waals surface area contributed by atoms with Crippen LogP contribution in [-0.2, 0) is 17.6 Å². The van der Waals surface area contributed by atoms with E-state index in [9.17, 15) is 4.79 Å². The van der Waals surface area contributed by atoms with Gasteiger partial charge in [-0.2, -0.15) is 0 Å². The Hall–Kier alpha value is -2.03. The highest BCUT2D eigenvalue weighted by Crippen LogP contribution is 2.41. The summed E-state index contributed by atoms with van der Waals surface area (Å²) >= 11 is 3.56. The number of amides is 1. The van der Waals surface area contributed by atoms with Crippen molar-refractivity contribution < 1.29 is 4.79 Å². The molecule has 0 radical (unpaired) electrons. The molecule has 0 bridgehead atoms. The number of rotatable bonds is 4. The van der Waals surface area contributed by atoms with Gasteiger partial charge in [-0.25, -0.2) is 9.97 Å². The lowest BCUT2D eigenvalue weighted by molar-refractivity contribution is -0.129. The summed E-state index contributed by atoms with van der Waals surface area (Å²) in [6, 6.07) is 4.17. The maximum atomic E-state index is 12.1. The number of carbonyl (C=O) groups excluding carboxylic acids is 1. The first-order valence-electron chi connectivity index (χ1n) is 10.6. The standard InChI is InChI=1S/C22H27N5OS2/c1-25(2)18(28)14-26-9-11-27(12-10-26)21-19-15-6-3-4-7-16(15)30-22(19)24-20(23-21)17-8-5-13-29-17/h5,8,13H,3-4,6-7,9-12,14H2,1-2H3. The Morgan fingerprint density at radius 3 is 2.67 bits per heavy atom. The zero-order valence-electron chi connectivity index (χ0n) is 17.6. The molecule has 0 N–H and O–H groups in total. The van der Waals surface area contributed by atoms with Gasteiger partial charge in [0.15, 0.2) is 5.82 Å². The van der Waals surface area contributed by atoms with Crippen LogP contribution in [0, 0.1) is 0 Å². The lowest BCUT2D eigenvalue weighted by Crippen LogP contribution is -2.49. The first-order chi connectivity index (χ1) is 14.6. The van der Waals surface area contributed by atoms with Crippen LogP contribution in [0.4, 0.5) is 5.82 Å². The third kappa shape index (κ3) is 3.72. The van der Waals surface area contributed by atoms with Crippen molar-refractivity contribution in [2.45, 2.75) is 25.7 Å². The Bertz CT molecular complexity index is 1050. The predicted molar refractivity (Wildman–Crippen MR) is 125 cm³/mol. The van der Waals surface area contributed by atoms with Crippen molar-refractivity contribution >= 4 is 44.6 Å². The molecule has 1 saturated heterocycles. The zero-order chi connectivity index (χ0) is 20.7. The van der Waals surface area contributed by atoms with Gasteiger partial charge in [0.25, 0.3) is 0 Å². The Labute approximate surface area is 185 Å². The Kier molecular flexibility index (Phi) is 5.47. The van der Waals surface area contributed by atoms with E-state index < -0.39 is 0 Å². The van der Waals surface area contributed by atoms with Gasteiger partial charge in [-0.05, 0) is 42.7 Å². The normalized spacial score (nSPS) is 17.3. The Morgan fingerprint density at radius 1 is 1.13 bits per heavy atom. The number of aryl methyl sites for hydroxylation is 2. The second-order valence-electron chi connectivity index (χ2n) is 8.29. The molecular formula is C22H27N5OS2. The van der Waals surface area contributed by atoms with Gasteiger partial charge in [-0.1, -0.05) is 6.07 Å². The molecule has 6 nitrogen and oxygen atoms in total. The van der Waals surface area contributed by atoms with Gasteiger partial charge in [-0.3, -0.25) is 9.69 Å². The Balaban J connectivity index is 1.48. The number of fused-ring (bicyclic) bond motifs is 3. The van der Waals surface area contributed by atoms with E-state index >= 15 is 0 Å². The van der Waals surface area contributed by atoms with Crippen LogP contribution in [0.1, 0.15) is 23.3 Å². The lowest BCUT2D eigenvalue weighted by Gasteiger charge is -2.36. The van der Waals surface area contributed by atoms with Crippen molar-refractivity contribution in [3.8, 4) is 10.7 Å². The minimum absolute atomic E-state index is 0.166. The number of anilines is 1. The highest BCUT2D eigenvalue weighted by atomic mass is 32.1. The Morgan fingerprint density at radius 2 is 1.93 bits per heavy atom. The van der Waals surface area contributed by atoms with Crippen LogP contribution in [0.3, 0.4) is 0 Å². The van der Waals surface area contributed by atoms with E-state index in [1.807, 2.05) is 25.4 Å². The first-order valence-corrected chi connectivity index (χ1v) is 12.3. The van der Waals surface area contributed by atoms with Gasteiger partial charge in [0.05, 0.1) is 16.8 Å². The highest BCUT2D eigenvalue weighted by Gasteiger charge is 2.27. The minimum Gasteiger partial charge on any atom is -0.353 e. The zero-order valence-corrected chi connectivity index (χ0v) is 19.2. The molecule has 1 amide bonds. The van der Waals surface area contributed by atoms with Gasteiger partial charge < -0.3 is 9.80 Å². The summed E-state index contributed by atoms with van der Waals surface area (Å²) in [5.41, 5.74) is 1.49. The van der Waals surface area contributed by atoms with Gasteiger partial charge in [0.2, 0.25) is 5.91 Å². The summed E-state index contributed by atoms with van der Waals surface area (Å²) in [6.07, 6.45) is 4.84. The molecule has 1 fully saturated rings. The molecule has 5 rings (SSSR count). The third-order valence-electron chi connectivity index (χ3n) is 6.07. The van der Waals surface area contributed by atoms with Crippen LogP contribution in [0.25, 0.3) is 20.9 Å². The van der Waals surface area contributed by atoms with Crippen molar-refractivity contribution in [2.24, 2.45) is 0 Å². The van der Waals surface area contributed by atoms with Crippen LogP contribution >= 0.6 is 22.7 Å². The molecule has 2 aliphatic rings. The second kappa shape index (κ2) is 8.24. The maximum absolute atomic E-state index is 12.1. The van der Waals surface area contributed by atoms with Crippen LogP contribution in [-0.4, -0.2) is 72.5 Å². The number of hydrogen-bond acceptors (Lipinski definition) is 7. The molecule has 0 saturated carbocycles. The topological polar surface area (TPSA) is 52.6 Å². The fraction of sp³-hybridized carbons (Fsp3) is 0.500. The molecule has 0 aromatic carbocycles. The number of nitrogens with zero attached hydrogens (tertiary/aromatic N) is 5. The molecule has 0 spiro atoms. The van der Waals surface area contributed by atoms with E-state index in [-0.39, 0.29) is 5.91 Å². The highest BCUT2D eigenvalue weighted by molar-refractivity contribution is 7.19. The summed E-state index contributed by atoms with van der Waals surface area (Å²) in [4.78, 5) is 32.3. The lowest BCUT2D eigenvalue weighted by atomic mass is 9.97. The number of piperazine rings is 1. The van der Waals surface area contributed by atoms with Crippen molar-refractivity contribution in [1.29, 1.82) is 0 Å². The monoisotopic (exact) mass is 441 g/mol.